The van der Waals surface area contributed by atoms with Gasteiger partial charge in [0.15, 0.2) is 0 Å². The van der Waals surface area contributed by atoms with E-state index in [0.29, 0.717) is 11.6 Å². The molecule has 0 saturated heterocycles. The summed E-state index contributed by atoms with van der Waals surface area (Å²) in [6, 6.07) is 5.86. The van der Waals surface area contributed by atoms with E-state index >= 15 is 0 Å². The zero-order valence-electron chi connectivity index (χ0n) is 9.17. The van der Waals surface area contributed by atoms with Crippen molar-refractivity contribution in [2.75, 3.05) is 6.61 Å². The van der Waals surface area contributed by atoms with Crippen LogP contribution < -0.4 is 4.74 Å². The molecule has 0 aromatic heterocycles. The number of nitrogens with zero attached hydrogens (tertiary/aromatic N) is 1. The molecule has 0 radical (unpaired) electrons. The normalized spacial score (nSPS) is 11.9. The Bertz CT molecular complexity index is 372. The minimum Gasteiger partial charge on any atom is -0.492 e. The van der Waals surface area contributed by atoms with Crippen LogP contribution in [0.4, 0.5) is 0 Å². The van der Waals surface area contributed by atoms with Crippen molar-refractivity contribution in [3.63, 3.8) is 0 Å². The minimum absolute atomic E-state index is 0.0977. The van der Waals surface area contributed by atoms with Crippen LogP contribution in [0.15, 0.2) is 12.1 Å². The zero-order valence-corrected chi connectivity index (χ0v) is 9.93. The lowest BCUT2D eigenvalue weighted by Crippen LogP contribution is -2.07. The third kappa shape index (κ3) is 3.14. The van der Waals surface area contributed by atoms with Gasteiger partial charge >= 0.3 is 0 Å². The van der Waals surface area contributed by atoms with Crippen molar-refractivity contribution in [2.24, 2.45) is 5.92 Å². The molecule has 0 amide bonds. The lowest BCUT2D eigenvalue weighted by molar-refractivity contribution is 0.284. The first-order chi connectivity index (χ1) is 7.04. The Labute approximate surface area is 95.4 Å². The maximum absolute atomic E-state index is 8.64. The molecule has 1 aromatic carbocycles. The highest BCUT2D eigenvalue weighted by Gasteiger charge is 2.07. The number of halogens is 1. The third-order valence-electron chi connectivity index (χ3n) is 2.12. The minimum atomic E-state index is -0.0977. The molecule has 2 nitrogen and oxygen atoms in total. The summed E-state index contributed by atoms with van der Waals surface area (Å²) in [6.07, 6.45) is 0. The van der Waals surface area contributed by atoms with Crippen LogP contribution in [-0.4, -0.2) is 6.61 Å². The van der Waals surface area contributed by atoms with Gasteiger partial charge < -0.3 is 4.74 Å². The van der Waals surface area contributed by atoms with E-state index in [0.717, 1.165) is 16.9 Å². The van der Waals surface area contributed by atoms with Gasteiger partial charge in [0, 0.05) is 5.02 Å². The second kappa shape index (κ2) is 5.04. The van der Waals surface area contributed by atoms with Crippen LogP contribution in [0.1, 0.15) is 18.1 Å². The fraction of sp³-hybridized carbons (Fsp3) is 0.417. The Morgan fingerprint density at radius 2 is 1.93 bits per heavy atom. The molecule has 3 heteroatoms. The molecule has 1 unspecified atom stereocenters. The Morgan fingerprint density at radius 3 is 2.40 bits per heavy atom. The highest BCUT2D eigenvalue weighted by molar-refractivity contribution is 6.30. The number of aryl methyl sites for hydroxylation is 2. The summed E-state index contributed by atoms with van der Waals surface area (Å²) in [6.45, 7) is 6.15. The molecule has 0 bridgehead atoms. The summed E-state index contributed by atoms with van der Waals surface area (Å²) in [5, 5.41) is 9.36. The van der Waals surface area contributed by atoms with Crippen LogP contribution in [0.3, 0.4) is 0 Å². The van der Waals surface area contributed by atoms with Gasteiger partial charge in [0.25, 0.3) is 0 Å². The van der Waals surface area contributed by atoms with Gasteiger partial charge in [-0.3, -0.25) is 0 Å². The Kier molecular flexibility index (Phi) is 3.99. The monoisotopic (exact) mass is 223 g/mol. The van der Waals surface area contributed by atoms with Crippen LogP contribution in [0.25, 0.3) is 0 Å². The lowest BCUT2D eigenvalue weighted by Gasteiger charge is -2.13. The van der Waals surface area contributed by atoms with Gasteiger partial charge in [-0.25, -0.2) is 0 Å². The van der Waals surface area contributed by atoms with E-state index in [9.17, 15) is 0 Å². The fourth-order valence-electron chi connectivity index (χ4n) is 1.37. The molecule has 0 saturated carbocycles. The predicted octanol–water partition coefficient (Wildman–Crippen LogP) is 3.50. The predicted molar refractivity (Wildman–Crippen MR) is 61.2 cm³/mol. The van der Waals surface area contributed by atoms with Crippen LogP contribution >= 0.6 is 11.6 Å². The maximum Gasteiger partial charge on any atom is 0.125 e. The van der Waals surface area contributed by atoms with E-state index in [1.165, 1.54) is 0 Å². The van der Waals surface area contributed by atoms with E-state index in [1.807, 2.05) is 32.9 Å². The van der Waals surface area contributed by atoms with E-state index in [1.54, 1.807) is 0 Å². The zero-order chi connectivity index (χ0) is 11.4. The van der Waals surface area contributed by atoms with Crippen LogP contribution in [0, 0.1) is 31.1 Å². The molecule has 15 heavy (non-hydrogen) atoms. The number of ether oxygens (including phenoxy) is 1. The summed E-state index contributed by atoms with van der Waals surface area (Å²) < 4.78 is 5.59. The van der Waals surface area contributed by atoms with Crippen molar-refractivity contribution in [1.82, 2.24) is 0 Å². The quantitative estimate of drug-likeness (QED) is 0.786. The highest BCUT2D eigenvalue weighted by Crippen LogP contribution is 2.27. The molecule has 0 aliphatic carbocycles. The maximum atomic E-state index is 8.64. The first kappa shape index (κ1) is 11.9. The highest BCUT2D eigenvalue weighted by atomic mass is 35.5. The number of hydrogen-bond acceptors (Lipinski definition) is 2. The summed E-state index contributed by atoms with van der Waals surface area (Å²) in [4.78, 5) is 0. The van der Waals surface area contributed by atoms with Gasteiger partial charge in [-0.2, -0.15) is 5.26 Å². The second-order valence-corrected chi connectivity index (χ2v) is 4.15. The molecule has 0 aliphatic heterocycles. The van der Waals surface area contributed by atoms with Crippen molar-refractivity contribution >= 4 is 11.6 Å². The Morgan fingerprint density at radius 1 is 1.40 bits per heavy atom. The molecule has 0 spiro atoms. The first-order valence-corrected chi connectivity index (χ1v) is 5.21. The number of nitriles is 1. The van der Waals surface area contributed by atoms with E-state index in [4.69, 9.17) is 21.6 Å². The van der Waals surface area contributed by atoms with Crippen LogP contribution in [0.2, 0.25) is 5.02 Å². The van der Waals surface area contributed by atoms with Gasteiger partial charge in [0.2, 0.25) is 0 Å². The van der Waals surface area contributed by atoms with Gasteiger partial charge in [-0.1, -0.05) is 11.6 Å². The van der Waals surface area contributed by atoms with Crippen molar-refractivity contribution in [3.8, 4) is 11.8 Å². The standard InChI is InChI=1S/C12H14ClNO/c1-8(6-14)7-15-12-9(2)4-11(13)5-10(12)3/h4-5,8H,7H2,1-3H3. The topological polar surface area (TPSA) is 33.0 Å². The molecule has 1 aromatic rings. The van der Waals surface area contributed by atoms with Crippen molar-refractivity contribution < 1.29 is 4.74 Å². The molecule has 1 rings (SSSR count). The molecule has 0 fully saturated rings. The Balaban J connectivity index is 2.82. The molecular weight excluding hydrogens is 210 g/mol. The van der Waals surface area contributed by atoms with Gasteiger partial charge in [0.1, 0.15) is 12.4 Å². The average Bonchev–Trinajstić information content (AvgIpc) is 2.15. The van der Waals surface area contributed by atoms with Crippen molar-refractivity contribution in [2.45, 2.75) is 20.8 Å². The smallest absolute Gasteiger partial charge is 0.125 e. The molecule has 0 N–H and O–H groups in total. The van der Waals surface area contributed by atoms with Crippen LogP contribution in [0.5, 0.6) is 5.75 Å². The summed E-state index contributed by atoms with van der Waals surface area (Å²) >= 11 is 5.90. The molecule has 0 aliphatic rings. The van der Waals surface area contributed by atoms with Gasteiger partial charge in [0.05, 0.1) is 12.0 Å². The van der Waals surface area contributed by atoms with Crippen molar-refractivity contribution in [3.05, 3.63) is 28.3 Å². The van der Waals surface area contributed by atoms with E-state index < -0.39 is 0 Å². The molecule has 1 atom stereocenters. The third-order valence-corrected chi connectivity index (χ3v) is 2.34. The van der Waals surface area contributed by atoms with Gasteiger partial charge in [-0.05, 0) is 44.0 Å². The van der Waals surface area contributed by atoms with E-state index in [-0.39, 0.29) is 5.92 Å². The lowest BCUT2D eigenvalue weighted by atomic mass is 10.1. The van der Waals surface area contributed by atoms with Gasteiger partial charge in [-0.15, -0.1) is 0 Å². The second-order valence-electron chi connectivity index (χ2n) is 3.71. The fourth-order valence-corrected chi connectivity index (χ4v) is 1.70. The summed E-state index contributed by atoms with van der Waals surface area (Å²) in [7, 11) is 0. The number of rotatable bonds is 3. The van der Waals surface area contributed by atoms with E-state index in [2.05, 4.69) is 6.07 Å². The summed E-state index contributed by atoms with van der Waals surface area (Å²) in [5.74, 6) is 0.737. The number of hydrogen-bond donors (Lipinski definition) is 0. The molecular formula is C12H14ClNO. The van der Waals surface area contributed by atoms with Crippen molar-refractivity contribution in [1.29, 1.82) is 5.26 Å². The first-order valence-electron chi connectivity index (χ1n) is 4.83. The molecule has 80 valence electrons. The average molecular weight is 224 g/mol. The molecule has 0 heterocycles. The largest absolute Gasteiger partial charge is 0.492 e. The summed E-state index contributed by atoms with van der Waals surface area (Å²) in [5.41, 5.74) is 2.01. The van der Waals surface area contributed by atoms with Crippen LogP contribution in [-0.2, 0) is 0 Å². The SMILES string of the molecule is Cc1cc(Cl)cc(C)c1OCC(C)C#N. The number of benzene rings is 1. The Hall–Kier alpha value is -1.20.